The van der Waals surface area contributed by atoms with Crippen LogP contribution in [0.5, 0.6) is 0 Å². The van der Waals surface area contributed by atoms with Crippen molar-refractivity contribution < 1.29 is 14.3 Å². The molecule has 1 fully saturated rings. The Labute approximate surface area is 143 Å². The van der Waals surface area contributed by atoms with Gasteiger partial charge < -0.3 is 9.64 Å². The molecule has 1 aliphatic rings. The molecule has 1 atom stereocenters. The number of benzene rings is 1. The molecule has 0 aliphatic carbocycles. The second-order valence-electron chi connectivity index (χ2n) is 5.45. The minimum atomic E-state index is -0.475. The molecule has 24 heavy (non-hydrogen) atoms. The fraction of sp³-hybridized carbons (Fsp3) is 0.375. The van der Waals surface area contributed by atoms with E-state index in [0.717, 1.165) is 17.0 Å². The lowest BCUT2D eigenvalue weighted by Gasteiger charge is -2.23. The summed E-state index contributed by atoms with van der Waals surface area (Å²) in [6.07, 6.45) is 1.45. The number of hydrogen-bond donors (Lipinski definition) is 1. The molecule has 0 bridgehead atoms. The predicted molar refractivity (Wildman–Crippen MR) is 90.6 cm³/mol. The van der Waals surface area contributed by atoms with Gasteiger partial charge in [0, 0.05) is 19.2 Å². The molecule has 2 amide bonds. The highest BCUT2D eigenvalue weighted by Gasteiger charge is 2.34. The van der Waals surface area contributed by atoms with Crippen molar-refractivity contribution in [3.8, 4) is 10.6 Å². The molecular weight excluding hydrogens is 328 g/mol. The van der Waals surface area contributed by atoms with E-state index in [0.29, 0.717) is 18.1 Å². The minimum absolute atomic E-state index is 0.0132. The van der Waals surface area contributed by atoms with Gasteiger partial charge in [0.05, 0.1) is 0 Å². The summed E-state index contributed by atoms with van der Waals surface area (Å²) in [5, 5.41) is 12.1. The molecule has 1 unspecified atom stereocenters. The molecule has 1 aromatic carbocycles. The van der Waals surface area contributed by atoms with Gasteiger partial charge in [0.25, 0.3) is 0 Å². The van der Waals surface area contributed by atoms with Crippen LogP contribution in [-0.2, 0) is 14.3 Å². The molecule has 0 spiro atoms. The Hall–Kier alpha value is -2.32. The molecule has 1 saturated heterocycles. The van der Waals surface area contributed by atoms with E-state index in [1.807, 2.05) is 30.3 Å². The Morgan fingerprint density at radius 2 is 2.12 bits per heavy atom. The second-order valence-corrected chi connectivity index (χ2v) is 6.42. The lowest BCUT2D eigenvalue weighted by Crippen LogP contribution is -2.44. The summed E-state index contributed by atoms with van der Waals surface area (Å²) >= 11 is 1.31. The molecular formula is C16H18N4O3S. The van der Waals surface area contributed by atoms with Crippen LogP contribution in [-0.4, -0.2) is 53.2 Å². The summed E-state index contributed by atoms with van der Waals surface area (Å²) in [5.41, 5.74) is 0.952. The first-order valence-corrected chi connectivity index (χ1v) is 8.49. The average molecular weight is 346 g/mol. The third-order valence-corrected chi connectivity index (χ3v) is 4.71. The number of nitrogens with one attached hydrogen (secondary N) is 1. The minimum Gasteiger partial charge on any atom is -0.375 e. The molecule has 126 valence electrons. The topological polar surface area (TPSA) is 84.4 Å². The lowest BCUT2D eigenvalue weighted by atomic mass is 10.2. The van der Waals surface area contributed by atoms with Gasteiger partial charge >= 0.3 is 0 Å². The van der Waals surface area contributed by atoms with Crippen LogP contribution in [0.25, 0.3) is 10.6 Å². The predicted octanol–water partition coefficient (Wildman–Crippen LogP) is 1.78. The number of methoxy groups -OCH3 is 1. The van der Waals surface area contributed by atoms with Crippen LogP contribution in [0, 0.1) is 0 Å². The summed E-state index contributed by atoms with van der Waals surface area (Å²) in [7, 11) is 1.47. The summed E-state index contributed by atoms with van der Waals surface area (Å²) in [4.78, 5) is 26.0. The number of rotatable bonds is 5. The van der Waals surface area contributed by atoms with Crippen molar-refractivity contribution in [1.29, 1.82) is 0 Å². The maximum Gasteiger partial charge on any atom is 0.249 e. The van der Waals surface area contributed by atoms with E-state index in [-0.39, 0.29) is 18.4 Å². The number of anilines is 1. The Bertz CT molecular complexity index is 719. The van der Waals surface area contributed by atoms with Crippen LogP contribution in [0.3, 0.4) is 0 Å². The number of likely N-dealkylation sites (tertiary alicyclic amines) is 1. The largest absolute Gasteiger partial charge is 0.375 e. The van der Waals surface area contributed by atoms with Crippen LogP contribution in [0.15, 0.2) is 30.3 Å². The van der Waals surface area contributed by atoms with Crippen molar-refractivity contribution in [1.82, 2.24) is 15.1 Å². The fourth-order valence-electron chi connectivity index (χ4n) is 2.70. The number of amides is 2. The maximum absolute atomic E-state index is 12.5. The molecule has 0 radical (unpaired) electrons. The third-order valence-electron chi connectivity index (χ3n) is 3.82. The van der Waals surface area contributed by atoms with Gasteiger partial charge in [-0.1, -0.05) is 41.7 Å². The van der Waals surface area contributed by atoms with E-state index >= 15 is 0 Å². The van der Waals surface area contributed by atoms with Crippen LogP contribution < -0.4 is 5.32 Å². The number of carbonyl (C=O) groups excluding carboxylic acids is 2. The van der Waals surface area contributed by atoms with Gasteiger partial charge in [-0.2, -0.15) is 0 Å². The smallest absolute Gasteiger partial charge is 0.249 e. The molecule has 3 rings (SSSR count). The molecule has 8 heteroatoms. The van der Waals surface area contributed by atoms with Gasteiger partial charge in [-0.25, -0.2) is 0 Å². The van der Waals surface area contributed by atoms with Crippen molar-refractivity contribution in [2.24, 2.45) is 0 Å². The van der Waals surface area contributed by atoms with Gasteiger partial charge in [0.1, 0.15) is 17.7 Å². The van der Waals surface area contributed by atoms with Gasteiger partial charge in [0.15, 0.2) is 0 Å². The van der Waals surface area contributed by atoms with Crippen molar-refractivity contribution in [2.45, 2.75) is 18.9 Å². The summed E-state index contributed by atoms with van der Waals surface area (Å²) in [5.74, 6) is -0.398. The molecule has 2 aromatic rings. The van der Waals surface area contributed by atoms with Crippen LogP contribution in [0.2, 0.25) is 0 Å². The first-order valence-electron chi connectivity index (χ1n) is 7.67. The van der Waals surface area contributed by atoms with E-state index in [2.05, 4.69) is 15.5 Å². The van der Waals surface area contributed by atoms with Crippen molar-refractivity contribution in [2.75, 3.05) is 25.6 Å². The monoisotopic (exact) mass is 346 g/mol. The van der Waals surface area contributed by atoms with E-state index < -0.39 is 6.04 Å². The SMILES string of the molecule is COCC(=O)N1CCCC1C(=O)Nc1nnc(-c2ccccc2)s1. The zero-order valence-corrected chi connectivity index (χ0v) is 14.1. The Kier molecular flexibility index (Phi) is 5.17. The van der Waals surface area contributed by atoms with E-state index in [1.54, 1.807) is 4.90 Å². The Morgan fingerprint density at radius 3 is 2.88 bits per heavy atom. The summed E-state index contributed by atoms with van der Waals surface area (Å²) < 4.78 is 4.87. The molecule has 7 nitrogen and oxygen atoms in total. The maximum atomic E-state index is 12.5. The fourth-order valence-corrected chi connectivity index (χ4v) is 3.46. The third kappa shape index (κ3) is 3.60. The molecule has 1 N–H and O–H groups in total. The molecule has 2 heterocycles. The van der Waals surface area contributed by atoms with Gasteiger partial charge in [-0.3, -0.25) is 14.9 Å². The van der Waals surface area contributed by atoms with E-state index in [1.165, 1.54) is 18.4 Å². The number of nitrogens with zero attached hydrogens (tertiary/aromatic N) is 3. The second kappa shape index (κ2) is 7.50. The molecule has 1 aliphatic heterocycles. The molecule has 1 aromatic heterocycles. The van der Waals surface area contributed by atoms with Crippen molar-refractivity contribution >= 4 is 28.3 Å². The normalized spacial score (nSPS) is 17.0. The van der Waals surface area contributed by atoms with Crippen LogP contribution >= 0.6 is 11.3 Å². The summed E-state index contributed by atoms with van der Waals surface area (Å²) in [6.45, 7) is 0.562. The summed E-state index contributed by atoms with van der Waals surface area (Å²) in [6, 6.07) is 9.18. The number of hydrogen-bond acceptors (Lipinski definition) is 6. The average Bonchev–Trinajstić information content (AvgIpc) is 3.25. The highest BCUT2D eigenvalue weighted by atomic mass is 32.1. The number of ether oxygens (including phenoxy) is 1. The number of aromatic nitrogens is 2. The zero-order chi connectivity index (χ0) is 16.9. The van der Waals surface area contributed by atoms with Crippen LogP contribution in [0.1, 0.15) is 12.8 Å². The van der Waals surface area contributed by atoms with Crippen molar-refractivity contribution in [3.63, 3.8) is 0 Å². The van der Waals surface area contributed by atoms with Gasteiger partial charge in [-0.05, 0) is 12.8 Å². The quantitative estimate of drug-likeness (QED) is 0.892. The van der Waals surface area contributed by atoms with E-state index in [9.17, 15) is 9.59 Å². The standard InChI is InChI=1S/C16H18N4O3S/c1-23-10-13(21)20-9-5-8-12(20)14(22)17-16-19-18-15(24-16)11-6-3-2-4-7-11/h2-4,6-7,12H,5,8-10H2,1H3,(H,17,19,22). The highest BCUT2D eigenvalue weighted by Crippen LogP contribution is 2.27. The first kappa shape index (κ1) is 16.5. The van der Waals surface area contributed by atoms with Crippen molar-refractivity contribution in [3.05, 3.63) is 30.3 Å². The Morgan fingerprint density at radius 1 is 1.33 bits per heavy atom. The highest BCUT2D eigenvalue weighted by molar-refractivity contribution is 7.18. The van der Waals surface area contributed by atoms with Gasteiger partial charge in [0.2, 0.25) is 16.9 Å². The number of carbonyl (C=O) groups is 2. The lowest BCUT2D eigenvalue weighted by molar-refractivity contribution is -0.139. The van der Waals surface area contributed by atoms with Gasteiger partial charge in [-0.15, -0.1) is 10.2 Å². The first-order chi connectivity index (χ1) is 11.7. The molecule has 0 saturated carbocycles. The Balaban J connectivity index is 1.67. The zero-order valence-electron chi connectivity index (χ0n) is 13.3. The van der Waals surface area contributed by atoms with E-state index in [4.69, 9.17) is 4.74 Å². The van der Waals surface area contributed by atoms with Crippen LogP contribution in [0.4, 0.5) is 5.13 Å².